The lowest BCUT2D eigenvalue weighted by Crippen LogP contribution is -2.68. The first kappa shape index (κ1) is 20.2. The molecule has 166 valence electrons. The fourth-order valence-corrected chi connectivity index (χ4v) is 6.01. The molecule has 1 aromatic carbocycles. The molecule has 0 radical (unpaired) electrons. The zero-order valence-electron chi connectivity index (χ0n) is 17.4. The minimum Gasteiger partial charge on any atom is -0.480 e. The Hall–Kier alpha value is -3.69. The van der Waals surface area contributed by atoms with Crippen molar-refractivity contribution in [3.05, 3.63) is 68.1 Å². The summed E-state index contributed by atoms with van der Waals surface area (Å²) < 4.78 is 1.69. The average Bonchev–Trinajstić information content (AvgIpc) is 2.77. The number of carbonyl (C=O) groups excluding carboxylic acids is 1. The molecule has 2 N–H and O–H groups in total. The van der Waals surface area contributed by atoms with E-state index in [9.17, 15) is 29.6 Å². The Bertz CT molecular complexity index is 1220. The minimum absolute atomic E-state index is 0.0844. The largest absolute Gasteiger partial charge is 0.480 e. The van der Waals surface area contributed by atoms with Gasteiger partial charge in [-0.2, -0.15) is 0 Å². The molecule has 4 atom stereocenters. The number of carboxylic acid groups (broad SMARTS) is 1. The number of amides is 1. The Balaban J connectivity index is 1.77. The summed E-state index contributed by atoms with van der Waals surface area (Å²) in [5, 5.41) is 24.3. The molecule has 32 heavy (non-hydrogen) atoms. The van der Waals surface area contributed by atoms with Crippen molar-refractivity contribution in [2.24, 2.45) is 11.3 Å². The van der Waals surface area contributed by atoms with Gasteiger partial charge < -0.3 is 19.9 Å². The second-order valence-corrected chi connectivity index (χ2v) is 8.81. The van der Waals surface area contributed by atoms with Gasteiger partial charge in [-0.15, -0.1) is 0 Å². The van der Waals surface area contributed by atoms with Crippen molar-refractivity contribution in [2.45, 2.75) is 31.3 Å². The minimum atomic E-state index is -1.86. The highest BCUT2D eigenvalue weighted by Gasteiger charge is 2.62. The second kappa shape index (κ2) is 6.91. The molecule has 3 aliphatic rings. The number of hydrogen-bond acceptors (Lipinski definition) is 6. The van der Waals surface area contributed by atoms with E-state index in [1.54, 1.807) is 16.7 Å². The molecule has 1 fully saturated rings. The van der Waals surface area contributed by atoms with Gasteiger partial charge in [0.2, 0.25) is 5.91 Å². The molecule has 0 aliphatic carbocycles. The number of aliphatic carboxylic acids is 1. The fourth-order valence-electron chi connectivity index (χ4n) is 6.01. The van der Waals surface area contributed by atoms with Gasteiger partial charge in [-0.05, 0) is 30.0 Å². The van der Waals surface area contributed by atoms with Crippen LogP contribution in [0.5, 0.6) is 0 Å². The Labute approximate surface area is 182 Å². The summed E-state index contributed by atoms with van der Waals surface area (Å²) in [6.07, 6.45) is 0.497. The third kappa shape index (κ3) is 2.61. The average molecular weight is 438 g/mol. The standard InChI is InChI=1S/C22H22N4O6/c1-23-20(28)22(21(29)30)9-13-8-14(26(31)32)5-6-16(13)25-11-12-7-15(19(22)25)17-3-2-4-18(27)24(17)10-12/h2-6,8,12,15,19H,7,9-11H2,1H3,(H,23,28)(H,29,30)/t12-,15+,19?,22?/m0/s1. The zero-order chi connectivity index (χ0) is 22.8. The second-order valence-electron chi connectivity index (χ2n) is 8.81. The molecule has 1 aromatic heterocycles. The number of carboxylic acids is 1. The number of piperidine rings is 1. The summed E-state index contributed by atoms with van der Waals surface area (Å²) in [5.74, 6) is -2.20. The van der Waals surface area contributed by atoms with Gasteiger partial charge in [0.05, 0.1) is 11.0 Å². The summed E-state index contributed by atoms with van der Waals surface area (Å²) in [6.45, 7) is 0.968. The van der Waals surface area contributed by atoms with E-state index in [1.165, 1.54) is 25.2 Å². The van der Waals surface area contributed by atoms with Gasteiger partial charge >= 0.3 is 5.97 Å². The Morgan fingerprint density at radius 1 is 1.25 bits per heavy atom. The van der Waals surface area contributed by atoms with Crippen LogP contribution in [0.1, 0.15) is 23.6 Å². The van der Waals surface area contributed by atoms with E-state index < -0.39 is 28.3 Å². The number of rotatable bonds is 3. The molecule has 4 heterocycles. The third-order valence-electron chi connectivity index (χ3n) is 7.23. The van der Waals surface area contributed by atoms with Gasteiger partial charge in [0.25, 0.3) is 11.2 Å². The SMILES string of the molecule is CNC(=O)C1(C(=O)O)Cc2cc([N+](=O)[O-])ccc2N2C[C@H]3C[C@H](c4cccc(=O)n4C3)C21. The Morgan fingerprint density at radius 2 is 2.03 bits per heavy atom. The lowest BCUT2D eigenvalue weighted by atomic mass is 9.61. The van der Waals surface area contributed by atoms with Gasteiger partial charge in [-0.1, -0.05) is 6.07 Å². The number of pyridine rings is 1. The van der Waals surface area contributed by atoms with E-state index in [4.69, 9.17) is 0 Å². The molecule has 10 nitrogen and oxygen atoms in total. The first-order chi connectivity index (χ1) is 15.3. The molecule has 1 amide bonds. The Morgan fingerprint density at radius 3 is 2.72 bits per heavy atom. The molecule has 10 heteroatoms. The summed E-state index contributed by atoms with van der Waals surface area (Å²) >= 11 is 0. The normalized spacial score (nSPS) is 27.5. The highest BCUT2D eigenvalue weighted by atomic mass is 16.6. The lowest BCUT2D eigenvalue weighted by Gasteiger charge is -2.57. The van der Waals surface area contributed by atoms with Crippen LogP contribution in [0, 0.1) is 21.4 Å². The maximum absolute atomic E-state index is 13.2. The van der Waals surface area contributed by atoms with Crippen molar-refractivity contribution in [3.63, 3.8) is 0 Å². The van der Waals surface area contributed by atoms with Gasteiger partial charge in [-0.25, -0.2) is 0 Å². The lowest BCUT2D eigenvalue weighted by molar-refractivity contribution is -0.384. The first-order valence-corrected chi connectivity index (χ1v) is 10.5. The molecule has 5 rings (SSSR count). The van der Waals surface area contributed by atoms with Gasteiger partial charge in [-0.3, -0.25) is 24.5 Å². The number of nitrogens with one attached hydrogen (secondary N) is 1. The van der Waals surface area contributed by atoms with Crippen LogP contribution in [0.4, 0.5) is 11.4 Å². The number of fused-ring (bicyclic) bond motifs is 8. The van der Waals surface area contributed by atoms with Crippen LogP contribution in [0.2, 0.25) is 0 Å². The van der Waals surface area contributed by atoms with Crippen LogP contribution in [0.3, 0.4) is 0 Å². The number of benzene rings is 1. The van der Waals surface area contributed by atoms with Crippen molar-refractivity contribution < 1.29 is 19.6 Å². The number of nitro benzene ring substituents is 1. The van der Waals surface area contributed by atoms with Crippen molar-refractivity contribution in [1.29, 1.82) is 0 Å². The maximum Gasteiger partial charge on any atom is 0.321 e. The number of aromatic nitrogens is 1. The smallest absolute Gasteiger partial charge is 0.321 e. The molecule has 2 aromatic rings. The summed E-state index contributed by atoms with van der Waals surface area (Å²) in [4.78, 5) is 51.3. The predicted octanol–water partition coefficient (Wildman–Crippen LogP) is 1.12. The monoisotopic (exact) mass is 438 g/mol. The molecule has 3 aliphatic heterocycles. The Kier molecular flexibility index (Phi) is 4.37. The maximum atomic E-state index is 13.2. The molecule has 0 saturated carbocycles. The molecule has 2 unspecified atom stereocenters. The molecular weight excluding hydrogens is 416 g/mol. The van der Waals surface area contributed by atoms with Crippen LogP contribution >= 0.6 is 0 Å². The molecule has 2 bridgehead atoms. The van der Waals surface area contributed by atoms with E-state index in [-0.39, 0.29) is 29.5 Å². The topological polar surface area (TPSA) is 135 Å². The zero-order valence-corrected chi connectivity index (χ0v) is 17.4. The van der Waals surface area contributed by atoms with Crippen LogP contribution in [-0.2, 0) is 22.6 Å². The van der Waals surface area contributed by atoms with Gasteiger partial charge in [0.15, 0.2) is 5.41 Å². The van der Waals surface area contributed by atoms with Crippen LogP contribution in [-0.4, -0.2) is 46.1 Å². The quantitative estimate of drug-likeness (QED) is 0.417. The number of non-ortho nitro benzene ring substituents is 1. The van der Waals surface area contributed by atoms with E-state index in [0.29, 0.717) is 30.8 Å². The highest BCUT2D eigenvalue weighted by molar-refractivity contribution is 6.04. The number of hydrogen-bond donors (Lipinski definition) is 2. The number of nitro groups is 1. The van der Waals surface area contributed by atoms with Crippen molar-refractivity contribution in [3.8, 4) is 0 Å². The number of carbonyl (C=O) groups is 2. The summed E-state index contributed by atoms with van der Waals surface area (Å²) in [6, 6.07) is 8.67. The van der Waals surface area contributed by atoms with E-state index in [2.05, 4.69) is 5.32 Å². The van der Waals surface area contributed by atoms with Crippen LogP contribution < -0.4 is 15.8 Å². The van der Waals surface area contributed by atoms with Gasteiger partial charge in [0, 0.05) is 62.1 Å². The van der Waals surface area contributed by atoms with Crippen LogP contribution in [0.15, 0.2) is 41.2 Å². The molecular formula is C22H22N4O6. The molecule has 1 saturated heterocycles. The van der Waals surface area contributed by atoms with Gasteiger partial charge in [0.1, 0.15) is 0 Å². The van der Waals surface area contributed by atoms with E-state index >= 15 is 0 Å². The summed E-state index contributed by atoms with van der Waals surface area (Å²) in [5.41, 5.74) is -0.246. The predicted molar refractivity (Wildman–Crippen MR) is 114 cm³/mol. The molecule has 0 spiro atoms. The first-order valence-electron chi connectivity index (χ1n) is 10.5. The fraction of sp³-hybridized carbons (Fsp3) is 0.409. The number of nitrogens with zero attached hydrogens (tertiary/aromatic N) is 3. The summed E-state index contributed by atoms with van der Waals surface area (Å²) in [7, 11) is 1.39. The number of anilines is 1. The van der Waals surface area contributed by atoms with E-state index in [1.807, 2.05) is 11.0 Å². The third-order valence-corrected chi connectivity index (χ3v) is 7.23. The van der Waals surface area contributed by atoms with Crippen molar-refractivity contribution in [1.82, 2.24) is 9.88 Å². The highest BCUT2D eigenvalue weighted by Crippen LogP contribution is 2.53. The van der Waals surface area contributed by atoms with E-state index in [0.717, 1.165) is 5.69 Å². The van der Waals surface area contributed by atoms with Crippen LogP contribution in [0.25, 0.3) is 0 Å². The van der Waals surface area contributed by atoms with Crippen molar-refractivity contribution >= 4 is 23.3 Å². The van der Waals surface area contributed by atoms with Crippen molar-refractivity contribution in [2.75, 3.05) is 18.5 Å².